The Morgan fingerprint density at radius 2 is 1.69 bits per heavy atom. The van der Waals surface area contributed by atoms with Gasteiger partial charge in [0.05, 0.1) is 4.90 Å². The molecule has 0 atom stereocenters. The molecule has 0 spiro atoms. The fourth-order valence-electron chi connectivity index (χ4n) is 5.11. The average molecular weight is 463 g/mol. The monoisotopic (exact) mass is 462 g/mol. The van der Waals surface area contributed by atoms with E-state index in [4.69, 9.17) is 0 Å². The Kier molecular flexibility index (Phi) is 7.87. The number of hydrogen-bond acceptors (Lipinski definition) is 5. The largest absolute Gasteiger partial charge is 0.356 e. The molecule has 1 N–H and O–H groups in total. The molecule has 0 radical (unpaired) electrons. The van der Waals surface area contributed by atoms with Crippen molar-refractivity contribution in [2.24, 2.45) is 5.92 Å². The highest BCUT2D eigenvalue weighted by Gasteiger charge is 2.32. The van der Waals surface area contributed by atoms with E-state index in [-0.39, 0.29) is 11.8 Å². The van der Waals surface area contributed by atoms with Crippen LogP contribution in [0, 0.1) is 5.92 Å². The molecule has 1 amide bonds. The number of likely N-dealkylation sites (N-methyl/N-ethyl adjacent to an activating group) is 1. The fraction of sp³-hybridized carbons (Fsp3) is 0.708. The van der Waals surface area contributed by atoms with Crippen LogP contribution in [0.15, 0.2) is 23.1 Å². The van der Waals surface area contributed by atoms with Crippen molar-refractivity contribution in [3.05, 3.63) is 29.3 Å². The van der Waals surface area contributed by atoms with Crippen molar-refractivity contribution in [2.45, 2.75) is 49.8 Å². The lowest BCUT2D eigenvalue weighted by Gasteiger charge is -2.32. The highest BCUT2D eigenvalue weighted by Crippen LogP contribution is 2.28. The first-order valence-corrected chi connectivity index (χ1v) is 13.7. The van der Waals surface area contributed by atoms with Crippen LogP contribution in [0.3, 0.4) is 0 Å². The third-order valence-corrected chi connectivity index (χ3v) is 9.22. The molecule has 2 saturated heterocycles. The zero-order valence-corrected chi connectivity index (χ0v) is 20.2. The van der Waals surface area contributed by atoms with Gasteiger partial charge in [-0.2, -0.15) is 4.31 Å². The first kappa shape index (κ1) is 23.7. The highest BCUT2D eigenvalue weighted by molar-refractivity contribution is 7.89. The molecule has 2 aliphatic heterocycles. The summed E-state index contributed by atoms with van der Waals surface area (Å²) in [7, 11) is -1.34. The average Bonchev–Trinajstić information content (AvgIpc) is 2.82. The Labute approximate surface area is 193 Å². The number of carbonyl (C=O) groups excluding carboxylic acids is 1. The molecule has 0 aromatic heterocycles. The number of aryl methyl sites for hydroxylation is 2. The van der Waals surface area contributed by atoms with E-state index in [2.05, 4.69) is 22.2 Å². The molecule has 32 heavy (non-hydrogen) atoms. The molecule has 8 heteroatoms. The van der Waals surface area contributed by atoms with Gasteiger partial charge in [-0.05, 0) is 81.8 Å². The lowest BCUT2D eigenvalue weighted by atomic mass is 9.92. The molecule has 2 heterocycles. The number of carbonyl (C=O) groups is 1. The quantitative estimate of drug-likeness (QED) is 0.625. The number of piperazine rings is 1. The van der Waals surface area contributed by atoms with Crippen LogP contribution in [0.25, 0.3) is 0 Å². The van der Waals surface area contributed by atoms with Gasteiger partial charge >= 0.3 is 0 Å². The second kappa shape index (κ2) is 10.6. The summed E-state index contributed by atoms with van der Waals surface area (Å²) in [4.78, 5) is 17.8. The Morgan fingerprint density at radius 3 is 2.41 bits per heavy atom. The second-order valence-electron chi connectivity index (χ2n) is 9.61. The third kappa shape index (κ3) is 5.71. The van der Waals surface area contributed by atoms with Crippen LogP contribution in [-0.4, -0.2) is 87.8 Å². The lowest BCUT2D eigenvalue weighted by Crippen LogP contribution is -2.45. The van der Waals surface area contributed by atoms with E-state index < -0.39 is 10.0 Å². The Hall–Kier alpha value is -1.48. The number of rotatable bonds is 7. The number of fused-ring (bicyclic) bond motifs is 1. The molecular weight excluding hydrogens is 424 g/mol. The van der Waals surface area contributed by atoms with Crippen LogP contribution < -0.4 is 5.32 Å². The van der Waals surface area contributed by atoms with Crippen LogP contribution in [0.2, 0.25) is 0 Å². The molecular formula is C24H38N4O3S. The molecule has 1 aromatic carbocycles. The number of amides is 1. The molecule has 0 saturated carbocycles. The van der Waals surface area contributed by atoms with Gasteiger partial charge in [-0.25, -0.2) is 8.42 Å². The SMILES string of the molecule is CN1CCN(CCCNC(=O)C2CCN(S(=O)(=O)c3ccc4c(c3)CCCC4)CC2)CC1. The number of nitrogens with one attached hydrogen (secondary N) is 1. The maximum atomic E-state index is 13.1. The van der Waals surface area contributed by atoms with Crippen LogP contribution in [0.5, 0.6) is 0 Å². The Morgan fingerprint density at radius 1 is 1.00 bits per heavy atom. The maximum absolute atomic E-state index is 13.1. The first-order valence-electron chi connectivity index (χ1n) is 12.2. The van der Waals surface area contributed by atoms with Crippen molar-refractivity contribution in [3.8, 4) is 0 Å². The van der Waals surface area contributed by atoms with Gasteiger partial charge in [-0.3, -0.25) is 4.79 Å². The minimum absolute atomic E-state index is 0.0780. The third-order valence-electron chi connectivity index (χ3n) is 7.33. The summed E-state index contributed by atoms with van der Waals surface area (Å²) in [5, 5.41) is 3.08. The molecule has 2 fully saturated rings. The van der Waals surface area contributed by atoms with Gasteiger partial charge in [0.15, 0.2) is 0 Å². The summed E-state index contributed by atoms with van der Waals surface area (Å²) in [5.41, 5.74) is 2.47. The van der Waals surface area contributed by atoms with Gasteiger partial charge < -0.3 is 15.1 Å². The van der Waals surface area contributed by atoms with Crippen molar-refractivity contribution in [3.63, 3.8) is 0 Å². The molecule has 178 valence electrons. The predicted molar refractivity (Wildman–Crippen MR) is 126 cm³/mol. The van der Waals surface area contributed by atoms with Gasteiger partial charge in [-0.1, -0.05) is 6.07 Å². The normalized spacial score (nSPS) is 21.9. The number of sulfonamides is 1. The van der Waals surface area contributed by atoms with Crippen LogP contribution in [0.1, 0.15) is 43.2 Å². The Bertz CT molecular complexity index is 889. The van der Waals surface area contributed by atoms with Gasteiger partial charge in [0, 0.05) is 51.7 Å². The second-order valence-corrected chi connectivity index (χ2v) is 11.5. The van der Waals surface area contributed by atoms with Crippen molar-refractivity contribution < 1.29 is 13.2 Å². The highest BCUT2D eigenvalue weighted by atomic mass is 32.2. The molecule has 4 rings (SSSR count). The van der Waals surface area contributed by atoms with Crippen molar-refractivity contribution >= 4 is 15.9 Å². The first-order chi connectivity index (χ1) is 15.4. The minimum Gasteiger partial charge on any atom is -0.356 e. The van der Waals surface area contributed by atoms with Gasteiger partial charge in [-0.15, -0.1) is 0 Å². The fourth-order valence-corrected chi connectivity index (χ4v) is 6.63. The minimum atomic E-state index is -3.49. The van der Waals surface area contributed by atoms with Gasteiger partial charge in [0.2, 0.25) is 15.9 Å². The van der Waals surface area contributed by atoms with Gasteiger partial charge in [0.1, 0.15) is 0 Å². The van der Waals surface area contributed by atoms with Crippen LogP contribution in [0.4, 0.5) is 0 Å². The van der Waals surface area contributed by atoms with E-state index >= 15 is 0 Å². The summed E-state index contributed by atoms with van der Waals surface area (Å²) in [6.45, 7) is 6.96. The lowest BCUT2D eigenvalue weighted by molar-refractivity contribution is -0.126. The van der Waals surface area contributed by atoms with Crippen molar-refractivity contribution in [1.82, 2.24) is 19.4 Å². The van der Waals surface area contributed by atoms with E-state index in [1.807, 2.05) is 12.1 Å². The molecule has 1 aromatic rings. The Balaban J connectivity index is 1.21. The molecule has 1 aliphatic carbocycles. The van der Waals surface area contributed by atoms with Crippen LogP contribution in [-0.2, 0) is 27.7 Å². The standard InChI is InChI=1S/C24H38N4O3S/c1-26-15-17-27(18-16-26)12-4-11-25-24(29)21-9-13-28(14-10-21)32(30,31)23-8-7-20-5-2-3-6-22(20)19-23/h7-8,19,21H,2-6,9-18H2,1H3,(H,25,29). The summed E-state index contributed by atoms with van der Waals surface area (Å²) in [6, 6.07) is 5.63. The van der Waals surface area contributed by atoms with Crippen molar-refractivity contribution in [2.75, 3.05) is 59.4 Å². The van der Waals surface area contributed by atoms with Gasteiger partial charge in [0.25, 0.3) is 0 Å². The summed E-state index contributed by atoms with van der Waals surface area (Å²) >= 11 is 0. The molecule has 7 nitrogen and oxygen atoms in total. The van der Waals surface area contributed by atoms with Crippen molar-refractivity contribution in [1.29, 1.82) is 0 Å². The number of nitrogens with zero attached hydrogens (tertiary/aromatic N) is 3. The number of benzene rings is 1. The summed E-state index contributed by atoms with van der Waals surface area (Å²) in [6.07, 6.45) is 6.47. The molecule has 3 aliphatic rings. The number of hydrogen-bond donors (Lipinski definition) is 1. The summed E-state index contributed by atoms with van der Waals surface area (Å²) in [5.74, 6) is -0.0113. The zero-order chi connectivity index (χ0) is 22.6. The van der Waals surface area contributed by atoms with E-state index in [9.17, 15) is 13.2 Å². The molecule has 0 unspecified atom stereocenters. The summed E-state index contributed by atoms with van der Waals surface area (Å²) < 4.78 is 27.9. The molecule has 0 bridgehead atoms. The smallest absolute Gasteiger partial charge is 0.243 e. The van der Waals surface area contributed by atoms with Crippen LogP contribution >= 0.6 is 0 Å². The maximum Gasteiger partial charge on any atom is 0.243 e. The number of piperidine rings is 1. The van der Waals surface area contributed by atoms with E-state index in [0.29, 0.717) is 37.4 Å². The van der Waals surface area contributed by atoms with E-state index in [0.717, 1.165) is 58.4 Å². The van der Waals surface area contributed by atoms with E-state index in [1.165, 1.54) is 17.5 Å². The topological polar surface area (TPSA) is 73.0 Å². The predicted octanol–water partition coefficient (Wildman–Crippen LogP) is 1.72. The zero-order valence-electron chi connectivity index (χ0n) is 19.4. The van der Waals surface area contributed by atoms with E-state index in [1.54, 1.807) is 10.4 Å².